The first-order chi connectivity index (χ1) is 16.6. The van der Waals surface area contributed by atoms with Gasteiger partial charge >= 0.3 is 0 Å². The van der Waals surface area contributed by atoms with Gasteiger partial charge in [-0.1, -0.05) is 30.3 Å². The molecule has 8 heteroatoms. The smallest absolute Gasteiger partial charge is 0.275 e. The van der Waals surface area contributed by atoms with E-state index < -0.39 is 0 Å². The van der Waals surface area contributed by atoms with Gasteiger partial charge in [0.05, 0.1) is 17.1 Å². The van der Waals surface area contributed by atoms with Gasteiger partial charge in [-0.2, -0.15) is 0 Å². The van der Waals surface area contributed by atoms with Crippen LogP contribution in [0.4, 0.5) is 5.69 Å². The van der Waals surface area contributed by atoms with Crippen LogP contribution in [0.5, 0.6) is 0 Å². The van der Waals surface area contributed by atoms with Gasteiger partial charge in [0.1, 0.15) is 5.69 Å². The second-order valence-corrected chi connectivity index (χ2v) is 10.2. The first-order valence-electron chi connectivity index (χ1n) is 11.3. The number of carbonyl (C=O) groups excluding carboxylic acids is 2. The molecule has 5 rings (SSSR count). The molecule has 4 aromatic rings. The fraction of sp³-hybridized carbons (Fsp3) is 0.269. The standard InChI is InChI=1S/C26H26N4O2S2/c1-33-23-9-5-4-8-21(23)28-25(32)22-16-34-26(29-22)17-10-12-30(13-11-17)24(31)14-18-15-27-20-7-3-2-6-19(18)20/h2-9,15-17,27H,10-14H2,1H3,(H,28,32). The molecule has 0 spiro atoms. The average molecular weight is 491 g/mol. The monoisotopic (exact) mass is 490 g/mol. The zero-order valence-electron chi connectivity index (χ0n) is 18.9. The van der Waals surface area contributed by atoms with Crippen LogP contribution in [0.15, 0.2) is 65.0 Å². The maximum Gasteiger partial charge on any atom is 0.275 e. The molecule has 174 valence electrons. The van der Waals surface area contributed by atoms with Gasteiger partial charge < -0.3 is 15.2 Å². The maximum atomic E-state index is 12.9. The predicted molar refractivity (Wildman–Crippen MR) is 139 cm³/mol. The molecule has 1 saturated heterocycles. The number of nitrogens with one attached hydrogen (secondary N) is 2. The number of anilines is 1. The van der Waals surface area contributed by atoms with Crippen molar-refractivity contribution in [3.8, 4) is 0 Å². The normalized spacial score (nSPS) is 14.4. The van der Waals surface area contributed by atoms with E-state index in [0.29, 0.717) is 25.2 Å². The molecule has 2 aromatic carbocycles. The number of piperidine rings is 1. The van der Waals surface area contributed by atoms with E-state index in [2.05, 4.69) is 21.4 Å². The quantitative estimate of drug-likeness (QED) is 0.348. The third-order valence-electron chi connectivity index (χ3n) is 6.32. The van der Waals surface area contributed by atoms with Gasteiger partial charge in [-0.3, -0.25) is 9.59 Å². The van der Waals surface area contributed by atoms with Gasteiger partial charge in [0.15, 0.2) is 0 Å². The average Bonchev–Trinajstić information content (AvgIpc) is 3.53. The predicted octanol–water partition coefficient (Wildman–Crippen LogP) is 5.55. The first-order valence-corrected chi connectivity index (χ1v) is 13.5. The fourth-order valence-electron chi connectivity index (χ4n) is 4.44. The molecule has 2 amide bonds. The molecule has 1 fully saturated rings. The number of carbonyl (C=O) groups is 2. The van der Waals surface area contributed by atoms with Crippen molar-refractivity contribution in [3.63, 3.8) is 0 Å². The number of thiazole rings is 1. The third-order valence-corrected chi connectivity index (χ3v) is 8.13. The molecule has 3 heterocycles. The van der Waals surface area contributed by atoms with Crippen molar-refractivity contribution in [1.29, 1.82) is 0 Å². The van der Waals surface area contributed by atoms with E-state index in [0.717, 1.165) is 44.9 Å². The van der Waals surface area contributed by atoms with Crippen LogP contribution in [-0.2, 0) is 11.2 Å². The summed E-state index contributed by atoms with van der Waals surface area (Å²) < 4.78 is 0. The zero-order chi connectivity index (χ0) is 23.5. The van der Waals surface area contributed by atoms with Crippen LogP contribution in [0.25, 0.3) is 10.9 Å². The lowest BCUT2D eigenvalue weighted by atomic mass is 9.97. The Morgan fingerprint density at radius 1 is 1.15 bits per heavy atom. The lowest BCUT2D eigenvalue weighted by Crippen LogP contribution is -2.38. The van der Waals surface area contributed by atoms with Crippen molar-refractivity contribution in [2.45, 2.75) is 30.1 Å². The van der Waals surface area contributed by atoms with Crippen molar-refractivity contribution in [1.82, 2.24) is 14.9 Å². The van der Waals surface area contributed by atoms with Crippen molar-refractivity contribution in [2.75, 3.05) is 24.7 Å². The molecule has 0 radical (unpaired) electrons. The van der Waals surface area contributed by atoms with E-state index in [9.17, 15) is 9.59 Å². The van der Waals surface area contributed by atoms with Crippen LogP contribution in [0.1, 0.15) is 39.8 Å². The molecule has 34 heavy (non-hydrogen) atoms. The Morgan fingerprint density at radius 3 is 2.74 bits per heavy atom. The molecule has 0 atom stereocenters. The summed E-state index contributed by atoms with van der Waals surface area (Å²) in [4.78, 5) is 36.5. The molecule has 1 aliphatic heterocycles. The molecular weight excluding hydrogens is 464 g/mol. The summed E-state index contributed by atoms with van der Waals surface area (Å²) in [7, 11) is 0. The number of para-hydroxylation sites is 2. The minimum absolute atomic E-state index is 0.162. The van der Waals surface area contributed by atoms with Crippen LogP contribution in [0, 0.1) is 0 Å². The van der Waals surface area contributed by atoms with E-state index in [1.165, 1.54) is 11.3 Å². The Balaban J connectivity index is 1.17. The van der Waals surface area contributed by atoms with Gasteiger partial charge in [-0.25, -0.2) is 4.98 Å². The van der Waals surface area contributed by atoms with E-state index in [1.807, 2.05) is 65.2 Å². The second-order valence-electron chi connectivity index (χ2n) is 8.42. The fourth-order valence-corrected chi connectivity index (χ4v) is 5.97. The second kappa shape index (κ2) is 10.0. The minimum Gasteiger partial charge on any atom is -0.361 e. The molecule has 2 aromatic heterocycles. The van der Waals surface area contributed by atoms with E-state index in [4.69, 9.17) is 0 Å². The molecule has 0 bridgehead atoms. The minimum atomic E-state index is -0.185. The number of aromatic nitrogens is 2. The Bertz CT molecular complexity index is 1320. The Morgan fingerprint density at radius 2 is 1.91 bits per heavy atom. The van der Waals surface area contributed by atoms with Crippen LogP contribution in [0.3, 0.4) is 0 Å². The Hall–Kier alpha value is -3.10. The topological polar surface area (TPSA) is 78.1 Å². The van der Waals surface area contributed by atoms with Gasteiger partial charge in [-0.05, 0) is 42.9 Å². The van der Waals surface area contributed by atoms with Crippen LogP contribution in [0.2, 0.25) is 0 Å². The highest BCUT2D eigenvalue weighted by molar-refractivity contribution is 7.98. The van der Waals surface area contributed by atoms with Gasteiger partial charge in [0, 0.05) is 46.4 Å². The van der Waals surface area contributed by atoms with E-state index in [-0.39, 0.29) is 17.7 Å². The molecule has 1 aliphatic rings. The molecule has 6 nitrogen and oxygen atoms in total. The van der Waals surface area contributed by atoms with E-state index in [1.54, 1.807) is 11.8 Å². The van der Waals surface area contributed by atoms with Crippen molar-refractivity contribution < 1.29 is 9.59 Å². The van der Waals surface area contributed by atoms with Crippen molar-refractivity contribution in [3.05, 3.63) is 76.4 Å². The summed E-state index contributed by atoms with van der Waals surface area (Å²) in [5.74, 6) is 0.257. The van der Waals surface area contributed by atoms with Gasteiger partial charge in [-0.15, -0.1) is 23.1 Å². The molecule has 0 unspecified atom stereocenters. The highest BCUT2D eigenvalue weighted by Gasteiger charge is 2.27. The zero-order valence-corrected chi connectivity index (χ0v) is 20.5. The molecular formula is C26H26N4O2S2. The van der Waals surface area contributed by atoms with Crippen LogP contribution >= 0.6 is 23.1 Å². The number of likely N-dealkylation sites (tertiary alicyclic amines) is 1. The van der Waals surface area contributed by atoms with Crippen molar-refractivity contribution >= 4 is 51.5 Å². The maximum absolute atomic E-state index is 12.9. The SMILES string of the molecule is CSc1ccccc1NC(=O)c1csc(C2CCN(C(=O)Cc3c[nH]c4ccccc34)CC2)n1. The number of H-pyrrole nitrogens is 1. The van der Waals surface area contributed by atoms with Crippen LogP contribution < -0.4 is 5.32 Å². The Labute approximate surface area is 206 Å². The van der Waals surface area contributed by atoms with Gasteiger partial charge in [0.25, 0.3) is 5.91 Å². The summed E-state index contributed by atoms with van der Waals surface area (Å²) in [5.41, 5.74) is 3.36. The Kier molecular flexibility index (Phi) is 6.69. The molecule has 0 aliphatic carbocycles. The summed E-state index contributed by atoms with van der Waals surface area (Å²) in [6.07, 6.45) is 6.07. The number of nitrogens with zero attached hydrogens (tertiary/aromatic N) is 2. The third kappa shape index (κ3) is 4.74. The number of benzene rings is 2. The number of aromatic amines is 1. The first kappa shape index (κ1) is 22.7. The number of fused-ring (bicyclic) bond motifs is 1. The number of thioether (sulfide) groups is 1. The number of hydrogen-bond donors (Lipinski definition) is 2. The summed E-state index contributed by atoms with van der Waals surface area (Å²) in [6, 6.07) is 15.8. The van der Waals surface area contributed by atoms with E-state index >= 15 is 0 Å². The lowest BCUT2D eigenvalue weighted by Gasteiger charge is -2.31. The lowest BCUT2D eigenvalue weighted by molar-refractivity contribution is -0.131. The number of rotatable bonds is 6. The number of amides is 2. The van der Waals surface area contributed by atoms with Crippen LogP contribution in [-0.4, -0.2) is 46.0 Å². The summed E-state index contributed by atoms with van der Waals surface area (Å²) >= 11 is 3.13. The highest BCUT2D eigenvalue weighted by Crippen LogP contribution is 2.31. The summed E-state index contributed by atoms with van der Waals surface area (Å²) in [5, 5.41) is 6.90. The highest BCUT2D eigenvalue weighted by atomic mass is 32.2. The summed E-state index contributed by atoms with van der Waals surface area (Å²) in [6.45, 7) is 1.43. The van der Waals surface area contributed by atoms with Crippen molar-refractivity contribution in [2.24, 2.45) is 0 Å². The number of hydrogen-bond acceptors (Lipinski definition) is 5. The molecule has 2 N–H and O–H groups in total. The largest absolute Gasteiger partial charge is 0.361 e. The van der Waals surface area contributed by atoms with Gasteiger partial charge in [0.2, 0.25) is 5.91 Å². The molecule has 0 saturated carbocycles.